The van der Waals surface area contributed by atoms with Crippen LogP contribution in [0.2, 0.25) is 0 Å². The Morgan fingerprint density at radius 2 is 2.20 bits per heavy atom. The standard InChI is InChI=1S/C15H19BrFNO2/c1-2-10-3-5-14(16)11(7-10)8-12-9-13(17)4-6-15(12)18(19)20/h4,6,9-11,14H,2-3,5,7-8H2,1H3. The molecule has 0 radical (unpaired) electrons. The maximum atomic E-state index is 13.4. The fraction of sp³-hybridized carbons (Fsp3) is 0.600. The number of halogens is 2. The number of hydrogen-bond acceptors (Lipinski definition) is 2. The van der Waals surface area contributed by atoms with Crippen LogP contribution in [0.1, 0.15) is 38.2 Å². The molecule has 1 saturated carbocycles. The molecule has 3 unspecified atom stereocenters. The highest BCUT2D eigenvalue weighted by Gasteiger charge is 2.30. The predicted molar refractivity (Wildman–Crippen MR) is 80.6 cm³/mol. The van der Waals surface area contributed by atoms with E-state index in [0.29, 0.717) is 28.6 Å². The van der Waals surface area contributed by atoms with E-state index in [-0.39, 0.29) is 5.69 Å². The number of benzene rings is 1. The summed E-state index contributed by atoms with van der Waals surface area (Å²) in [6, 6.07) is 3.74. The minimum absolute atomic E-state index is 0.0321. The number of rotatable bonds is 4. The van der Waals surface area contributed by atoms with Crippen LogP contribution in [0.3, 0.4) is 0 Å². The summed E-state index contributed by atoms with van der Waals surface area (Å²) in [5.74, 6) is 0.621. The van der Waals surface area contributed by atoms with Crippen LogP contribution in [0, 0.1) is 27.8 Å². The maximum absolute atomic E-state index is 13.4. The zero-order valence-electron chi connectivity index (χ0n) is 11.5. The minimum atomic E-state index is -0.419. The number of nitro benzene ring substituents is 1. The van der Waals surface area contributed by atoms with Crippen LogP contribution in [0.4, 0.5) is 10.1 Å². The average molecular weight is 344 g/mol. The van der Waals surface area contributed by atoms with Gasteiger partial charge in [0, 0.05) is 16.5 Å². The molecule has 0 saturated heterocycles. The number of hydrogen-bond donors (Lipinski definition) is 0. The second-order valence-electron chi connectivity index (χ2n) is 5.60. The van der Waals surface area contributed by atoms with Gasteiger partial charge in [-0.1, -0.05) is 29.3 Å². The van der Waals surface area contributed by atoms with Crippen LogP contribution >= 0.6 is 15.9 Å². The molecule has 110 valence electrons. The summed E-state index contributed by atoms with van der Waals surface area (Å²) >= 11 is 3.69. The summed E-state index contributed by atoms with van der Waals surface area (Å²) in [6.45, 7) is 2.18. The highest BCUT2D eigenvalue weighted by Crippen LogP contribution is 2.38. The van der Waals surface area contributed by atoms with Crippen molar-refractivity contribution in [3.8, 4) is 0 Å². The Bertz CT molecular complexity index is 495. The lowest BCUT2D eigenvalue weighted by atomic mass is 9.77. The lowest BCUT2D eigenvalue weighted by Crippen LogP contribution is -2.26. The molecule has 1 aromatic carbocycles. The second-order valence-corrected chi connectivity index (χ2v) is 6.77. The zero-order valence-corrected chi connectivity index (χ0v) is 13.1. The van der Waals surface area contributed by atoms with Crippen LogP contribution in [-0.2, 0) is 6.42 Å². The van der Waals surface area contributed by atoms with Gasteiger partial charge in [0.1, 0.15) is 5.82 Å². The Kier molecular flexibility index (Phi) is 5.13. The summed E-state index contributed by atoms with van der Waals surface area (Å²) in [6.07, 6.45) is 5.06. The molecular formula is C15H19BrFNO2. The molecule has 20 heavy (non-hydrogen) atoms. The van der Waals surface area contributed by atoms with E-state index >= 15 is 0 Å². The third kappa shape index (κ3) is 3.57. The first-order valence-electron chi connectivity index (χ1n) is 7.08. The smallest absolute Gasteiger partial charge is 0.258 e. The predicted octanol–water partition coefficient (Wildman–Crippen LogP) is 4.87. The van der Waals surface area contributed by atoms with Gasteiger partial charge in [-0.05, 0) is 49.7 Å². The van der Waals surface area contributed by atoms with Gasteiger partial charge in [-0.15, -0.1) is 0 Å². The first-order chi connectivity index (χ1) is 9.51. The maximum Gasteiger partial charge on any atom is 0.272 e. The molecule has 0 amide bonds. The van der Waals surface area contributed by atoms with E-state index in [4.69, 9.17) is 0 Å². The molecule has 5 heteroatoms. The SMILES string of the molecule is CCC1CCC(Br)C(Cc2cc(F)ccc2[N+](=O)[O-])C1. The summed E-state index contributed by atoms with van der Waals surface area (Å²) < 4.78 is 13.4. The summed E-state index contributed by atoms with van der Waals surface area (Å²) in [4.78, 5) is 11.0. The van der Waals surface area contributed by atoms with Crippen molar-refractivity contribution in [2.24, 2.45) is 11.8 Å². The highest BCUT2D eigenvalue weighted by molar-refractivity contribution is 9.09. The van der Waals surface area contributed by atoms with E-state index in [0.717, 1.165) is 25.3 Å². The molecule has 1 aliphatic carbocycles. The quantitative estimate of drug-likeness (QED) is 0.444. The molecule has 1 fully saturated rings. The monoisotopic (exact) mass is 343 g/mol. The lowest BCUT2D eigenvalue weighted by Gasteiger charge is -2.32. The van der Waals surface area contributed by atoms with Crippen molar-refractivity contribution in [1.82, 2.24) is 0 Å². The fourth-order valence-electron chi connectivity index (χ4n) is 3.08. The third-order valence-electron chi connectivity index (χ3n) is 4.30. The van der Waals surface area contributed by atoms with E-state index in [1.54, 1.807) is 0 Å². The Morgan fingerprint density at radius 3 is 2.85 bits per heavy atom. The van der Waals surface area contributed by atoms with Crippen molar-refractivity contribution in [2.45, 2.75) is 43.9 Å². The molecule has 0 aliphatic heterocycles. The van der Waals surface area contributed by atoms with Gasteiger partial charge >= 0.3 is 0 Å². The van der Waals surface area contributed by atoms with Crippen molar-refractivity contribution in [1.29, 1.82) is 0 Å². The topological polar surface area (TPSA) is 43.1 Å². The summed E-state index contributed by atoms with van der Waals surface area (Å²) in [5.41, 5.74) is 0.547. The van der Waals surface area contributed by atoms with Crippen molar-refractivity contribution >= 4 is 21.6 Å². The first-order valence-corrected chi connectivity index (χ1v) is 7.99. The van der Waals surface area contributed by atoms with E-state index in [1.807, 2.05) is 0 Å². The second kappa shape index (κ2) is 6.66. The van der Waals surface area contributed by atoms with Crippen LogP contribution in [-0.4, -0.2) is 9.75 Å². The largest absolute Gasteiger partial charge is 0.272 e. The van der Waals surface area contributed by atoms with Crippen molar-refractivity contribution < 1.29 is 9.31 Å². The highest BCUT2D eigenvalue weighted by atomic mass is 79.9. The van der Waals surface area contributed by atoms with Gasteiger partial charge in [-0.2, -0.15) is 0 Å². The van der Waals surface area contributed by atoms with Crippen molar-refractivity contribution in [2.75, 3.05) is 0 Å². The Morgan fingerprint density at radius 1 is 1.45 bits per heavy atom. The number of alkyl halides is 1. The Labute approximate surface area is 126 Å². The molecule has 3 atom stereocenters. The molecule has 3 nitrogen and oxygen atoms in total. The lowest BCUT2D eigenvalue weighted by molar-refractivity contribution is -0.385. The summed E-state index contributed by atoms with van der Waals surface area (Å²) in [5, 5.41) is 11.0. The van der Waals surface area contributed by atoms with Crippen LogP contribution < -0.4 is 0 Å². The van der Waals surface area contributed by atoms with Crippen molar-refractivity contribution in [3.63, 3.8) is 0 Å². The minimum Gasteiger partial charge on any atom is -0.258 e. The van der Waals surface area contributed by atoms with Gasteiger partial charge in [-0.25, -0.2) is 4.39 Å². The molecular weight excluding hydrogens is 325 g/mol. The first kappa shape index (κ1) is 15.4. The normalized spacial score (nSPS) is 26.4. The Balaban J connectivity index is 2.19. The van der Waals surface area contributed by atoms with Crippen molar-refractivity contribution in [3.05, 3.63) is 39.7 Å². The molecule has 1 aliphatic rings. The zero-order chi connectivity index (χ0) is 14.7. The van der Waals surface area contributed by atoms with Crippen LogP contribution in [0.5, 0.6) is 0 Å². The number of nitro groups is 1. The van der Waals surface area contributed by atoms with E-state index in [2.05, 4.69) is 22.9 Å². The van der Waals surface area contributed by atoms with Crippen LogP contribution in [0.15, 0.2) is 18.2 Å². The van der Waals surface area contributed by atoms with E-state index in [1.165, 1.54) is 18.6 Å². The average Bonchev–Trinajstić information content (AvgIpc) is 2.41. The Hall–Kier alpha value is -0.970. The van der Waals surface area contributed by atoms with Gasteiger partial charge in [0.05, 0.1) is 4.92 Å². The molecule has 1 aromatic rings. The van der Waals surface area contributed by atoms with Gasteiger partial charge < -0.3 is 0 Å². The van der Waals surface area contributed by atoms with Gasteiger partial charge in [0.2, 0.25) is 0 Å². The van der Waals surface area contributed by atoms with Crippen LogP contribution in [0.25, 0.3) is 0 Å². The molecule has 0 bridgehead atoms. The molecule has 0 spiro atoms. The molecule has 0 aromatic heterocycles. The van der Waals surface area contributed by atoms with Gasteiger partial charge in [0.25, 0.3) is 5.69 Å². The fourth-order valence-corrected chi connectivity index (χ4v) is 3.75. The van der Waals surface area contributed by atoms with E-state index < -0.39 is 10.7 Å². The number of nitrogens with zero attached hydrogens (tertiary/aromatic N) is 1. The van der Waals surface area contributed by atoms with E-state index in [9.17, 15) is 14.5 Å². The van der Waals surface area contributed by atoms with Gasteiger partial charge in [-0.3, -0.25) is 10.1 Å². The molecule has 0 heterocycles. The molecule has 0 N–H and O–H groups in total. The van der Waals surface area contributed by atoms with Gasteiger partial charge in [0.15, 0.2) is 0 Å². The summed E-state index contributed by atoms with van der Waals surface area (Å²) in [7, 11) is 0. The molecule has 2 rings (SSSR count). The third-order valence-corrected chi connectivity index (χ3v) is 5.50.